The van der Waals surface area contributed by atoms with Crippen molar-refractivity contribution >= 4 is 0 Å². The van der Waals surface area contributed by atoms with E-state index in [0.717, 1.165) is 57.7 Å². The molecule has 0 aromatic carbocycles. The molecule has 2 saturated heterocycles. The number of rotatable bonds is 7. The minimum absolute atomic E-state index is 0.0484. The molecular formula is C20H29N5O2. The fraction of sp³-hybridized carbons (Fsp3) is 0.650. The SMILES string of the molecule is CCn1cc(CN2CC3(C[C@@H](CCOc4cncc(C)n4)CCO3)C2)cn1. The number of aromatic nitrogens is 4. The maximum atomic E-state index is 6.18. The zero-order valence-electron chi connectivity index (χ0n) is 16.3. The Morgan fingerprint density at radius 2 is 2.19 bits per heavy atom. The lowest BCUT2D eigenvalue weighted by molar-refractivity contribution is -0.182. The van der Waals surface area contributed by atoms with Crippen molar-refractivity contribution in [2.75, 3.05) is 26.3 Å². The fourth-order valence-electron chi connectivity index (χ4n) is 4.24. The Labute approximate surface area is 160 Å². The summed E-state index contributed by atoms with van der Waals surface area (Å²) in [6.45, 7) is 9.51. The highest BCUT2D eigenvalue weighted by atomic mass is 16.5. The lowest BCUT2D eigenvalue weighted by Crippen LogP contribution is -2.64. The molecule has 27 heavy (non-hydrogen) atoms. The Balaban J connectivity index is 1.21. The van der Waals surface area contributed by atoms with Gasteiger partial charge in [0.1, 0.15) is 0 Å². The van der Waals surface area contributed by atoms with Crippen molar-refractivity contribution in [1.82, 2.24) is 24.6 Å². The molecule has 2 aromatic heterocycles. The highest BCUT2D eigenvalue weighted by Gasteiger charge is 2.47. The molecule has 0 saturated carbocycles. The third-order valence-electron chi connectivity index (χ3n) is 5.54. The first kappa shape index (κ1) is 18.4. The zero-order chi connectivity index (χ0) is 18.7. The number of likely N-dealkylation sites (tertiary alicyclic amines) is 1. The minimum atomic E-state index is 0.0484. The van der Waals surface area contributed by atoms with E-state index < -0.39 is 0 Å². The molecule has 0 amide bonds. The van der Waals surface area contributed by atoms with E-state index in [4.69, 9.17) is 9.47 Å². The van der Waals surface area contributed by atoms with Crippen molar-refractivity contribution in [1.29, 1.82) is 0 Å². The second-order valence-corrected chi connectivity index (χ2v) is 7.88. The van der Waals surface area contributed by atoms with E-state index in [1.807, 2.05) is 17.8 Å². The van der Waals surface area contributed by atoms with Crippen LogP contribution in [0.15, 0.2) is 24.8 Å². The molecule has 7 heteroatoms. The molecule has 146 valence electrons. The number of nitrogens with zero attached hydrogens (tertiary/aromatic N) is 5. The molecule has 0 unspecified atom stereocenters. The summed E-state index contributed by atoms with van der Waals surface area (Å²) >= 11 is 0. The fourth-order valence-corrected chi connectivity index (χ4v) is 4.24. The summed E-state index contributed by atoms with van der Waals surface area (Å²) in [7, 11) is 0. The molecular weight excluding hydrogens is 342 g/mol. The summed E-state index contributed by atoms with van der Waals surface area (Å²) in [6, 6.07) is 0. The molecule has 0 radical (unpaired) electrons. The third-order valence-corrected chi connectivity index (χ3v) is 5.54. The standard InChI is InChI=1S/C20H29N5O2/c1-3-25-13-18(10-22-25)12-24-14-20(15-24)8-17(5-7-27-20)4-6-26-19-11-21-9-16(2)23-19/h9-11,13,17H,3-8,12,14-15H2,1-2H3/t17-/m0/s1. The Hall–Kier alpha value is -1.99. The van der Waals surface area contributed by atoms with E-state index in [-0.39, 0.29) is 5.60 Å². The first-order valence-electron chi connectivity index (χ1n) is 9.93. The van der Waals surface area contributed by atoms with E-state index >= 15 is 0 Å². The van der Waals surface area contributed by atoms with E-state index in [1.165, 1.54) is 5.56 Å². The molecule has 1 spiro atoms. The van der Waals surface area contributed by atoms with Crippen LogP contribution in [0.3, 0.4) is 0 Å². The van der Waals surface area contributed by atoms with E-state index in [0.29, 0.717) is 18.4 Å². The first-order valence-corrected chi connectivity index (χ1v) is 9.93. The number of ether oxygens (including phenoxy) is 2. The maximum Gasteiger partial charge on any atom is 0.232 e. The smallest absolute Gasteiger partial charge is 0.232 e. The van der Waals surface area contributed by atoms with Crippen LogP contribution in [-0.4, -0.2) is 56.6 Å². The molecule has 1 atom stereocenters. The van der Waals surface area contributed by atoms with Gasteiger partial charge in [0.25, 0.3) is 0 Å². The van der Waals surface area contributed by atoms with Gasteiger partial charge in [-0.1, -0.05) is 0 Å². The summed E-state index contributed by atoms with van der Waals surface area (Å²) in [5.74, 6) is 1.28. The highest BCUT2D eigenvalue weighted by Crippen LogP contribution is 2.38. The predicted octanol–water partition coefficient (Wildman–Crippen LogP) is 2.45. The van der Waals surface area contributed by atoms with E-state index in [2.05, 4.69) is 33.1 Å². The second-order valence-electron chi connectivity index (χ2n) is 7.88. The summed E-state index contributed by atoms with van der Waals surface area (Å²) in [6.07, 6.45) is 10.8. The molecule has 2 aromatic rings. The van der Waals surface area contributed by atoms with Crippen LogP contribution in [0, 0.1) is 12.8 Å². The second kappa shape index (κ2) is 7.94. The van der Waals surface area contributed by atoms with Crippen LogP contribution in [0.1, 0.15) is 37.4 Å². The van der Waals surface area contributed by atoms with Gasteiger partial charge in [0.15, 0.2) is 0 Å². The van der Waals surface area contributed by atoms with Gasteiger partial charge in [0.05, 0.1) is 30.3 Å². The van der Waals surface area contributed by atoms with Crippen LogP contribution in [-0.2, 0) is 17.8 Å². The van der Waals surface area contributed by atoms with Crippen molar-refractivity contribution in [3.63, 3.8) is 0 Å². The van der Waals surface area contributed by atoms with Crippen LogP contribution in [0.4, 0.5) is 0 Å². The normalized spacial score (nSPS) is 21.9. The van der Waals surface area contributed by atoms with Crippen LogP contribution < -0.4 is 4.74 Å². The van der Waals surface area contributed by atoms with Gasteiger partial charge in [-0.15, -0.1) is 0 Å². The van der Waals surface area contributed by atoms with Gasteiger partial charge in [-0.3, -0.25) is 14.6 Å². The average Bonchev–Trinajstić information content (AvgIpc) is 3.09. The Morgan fingerprint density at radius 3 is 2.96 bits per heavy atom. The van der Waals surface area contributed by atoms with Crippen molar-refractivity contribution in [3.05, 3.63) is 36.0 Å². The first-order chi connectivity index (χ1) is 13.1. The van der Waals surface area contributed by atoms with Crippen LogP contribution in [0.2, 0.25) is 0 Å². The average molecular weight is 371 g/mol. The van der Waals surface area contributed by atoms with E-state index in [1.54, 1.807) is 12.4 Å². The highest BCUT2D eigenvalue weighted by molar-refractivity contribution is 5.09. The summed E-state index contributed by atoms with van der Waals surface area (Å²) in [5, 5.41) is 4.36. The van der Waals surface area contributed by atoms with Gasteiger partial charge >= 0.3 is 0 Å². The maximum absolute atomic E-state index is 6.18. The molecule has 0 bridgehead atoms. The topological polar surface area (TPSA) is 65.3 Å². The van der Waals surface area contributed by atoms with Crippen molar-refractivity contribution in [3.8, 4) is 5.88 Å². The van der Waals surface area contributed by atoms with Gasteiger partial charge < -0.3 is 9.47 Å². The predicted molar refractivity (Wildman–Crippen MR) is 101 cm³/mol. The van der Waals surface area contributed by atoms with Gasteiger partial charge in [0, 0.05) is 50.7 Å². The number of hydrogen-bond acceptors (Lipinski definition) is 6. The minimum Gasteiger partial charge on any atom is -0.477 e. The number of hydrogen-bond donors (Lipinski definition) is 0. The summed E-state index contributed by atoms with van der Waals surface area (Å²) < 4.78 is 14.0. The molecule has 0 aliphatic carbocycles. The van der Waals surface area contributed by atoms with Crippen molar-refractivity contribution < 1.29 is 9.47 Å². The summed E-state index contributed by atoms with van der Waals surface area (Å²) in [5.41, 5.74) is 2.22. The zero-order valence-corrected chi connectivity index (χ0v) is 16.3. The van der Waals surface area contributed by atoms with E-state index in [9.17, 15) is 0 Å². The molecule has 7 nitrogen and oxygen atoms in total. The lowest BCUT2D eigenvalue weighted by atomic mass is 9.79. The number of aryl methyl sites for hydroxylation is 2. The molecule has 2 aliphatic heterocycles. The Kier molecular flexibility index (Phi) is 5.41. The van der Waals surface area contributed by atoms with Crippen LogP contribution in [0.25, 0.3) is 0 Å². The Morgan fingerprint density at radius 1 is 1.30 bits per heavy atom. The van der Waals surface area contributed by atoms with Crippen LogP contribution >= 0.6 is 0 Å². The molecule has 4 heterocycles. The van der Waals surface area contributed by atoms with Gasteiger partial charge in [-0.05, 0) is 39.0 Å². The third kappa shape index (κ3) is 4.47. The molecule has 0 N–H and O–H groups in total. The molecule has 4 rings (SSSR count). The quantitative estimate of drug-likeness (QED) is 0.745. The largest absolute Gasteiger partial charge is 0.477 e. The van der Waals surface area contributed by atoms with Gasteiger partial charge in [0.2, 0.25) is 5.88 Å². The summed E-state index contributed by atoms with van der Waals surface area (Å²) in [4.78, 5) is 10.9. The van der Waals surface area contributed by atoms with Crippen molar-refractivity contribution in [2.45, 2.75) is 51.8 Å². The molecule has 2 fully saturated rings. The van der Waals surface area contributed by atoms with Gasteiger partial charge in [-0.2, -0.15) is 5.10 Å². The lowest BCUT2D eigenvalue weighted by Gasteiger charge is -2.53. The molecule has 2 aliphatic rings. The van der Waals surface area contributed by atoms with Crippen LogP contribution in [0.5, 0.6) is 5.88 Å². The van der Waals surface area contributed by atoms with Crippen molar-refractivity contribution in [2.24, 2.45) is 5.92 Å². The van der Waals surface area contributed by atoms with Gasteiger partial charge in [-0.25, -0.2) is 4.98 Å². The monoisotopic (exact) mass is 371 g/mol. The Bertz CT molecular complexity index is 756.